The Labute approximate surface area is 149 Å². The minimum atomic E-state index is -0.378. The number of aliphatic hydroxyl groups excluding tert-OH is 1. The molecule has 142 valence electrons. The van der Waals surface area contributed by atoms with E-state index in [0.717, 1.165) is 50.6 Å². The zero-order valence-corrected chi connectivity index (χ0v) is 16.6. The van der Waals surface area contributed by atoms with Crippen LogP contribution in [0.1, 0.15) is 60.3 Å². The van der Waals surface area contributed by atoms with Gasteiger partial charge in [-0.05, 0) is 58.3 Å². The molecule has 0 aromatic heterocycles. The molecule has 4 heteroatoms. The lowest BCUT2D eigenvalue weighted by Gasteiger charge is -2.43. The molecule has 2 aliphatic rings. The zero-order chi connectivity index (χ0) is 17.7. The maximum Gasteiger partial charge on any atom is 0.0900 e. The van der Waals surface area contributed by atoms with Crippen molar-refractivity contribution in [1.82, 2.24) is 9.80 Å². The smallest absolute Gasteiger partial charge is 0.0900 e. The number of piperazine rings is 1. The second kappa shape index (κ2) is 8.98. The molecule has 1 heterocycles. The summed E-state index contributed by atoms with van der Waals surface area (Å²) in [5.74, 6) is 1.79. The molecule has 1 saturated heterocycles. The molecule has 2 fully saturated rings. The number of nitrogens with zero attached hydrogens (tertiary/aromatic N) is 2. The molecule has 24 heavy (non-hydrogen) atoms. The standard InChI is InChI=1S/C20H40N2O2/c1-16(2)17-6-8-18(9-7-17)22-12-10-21(11-13-22)14-19(23)15-24-20(3,4)5/h16-19,23H,6-15H2,1-5H3. The molecule has 0 aromatic carbocycles. The Balaban J connectivity index is 1.65. The number of hydrogen-bond acceptors (Lipinski definition) is 4. The van der Waals surface area contributed by atoms with Gasteiger partial charge in [0.05, 0.1) is 18.3 Å². The van der Waals surface area contributed by atoms with Crippen LogP contribution in [0.25, 0.3) is 0 Å². The average Bonchev–Trinajstić information content (AvgIpc) is 2.53. The third-order valence-corrected chi connectivity index (χ3v) is 5.79. The summed E-state index contributed by atoms with van der Waals surface area (Å²) in [6.07, 6.45) is 5.20. The predicted molar refractivity (Wildman–Crippen MR) is 100 cm³/mol. The van der Waals surface area contributed by atoms with Crippen molar-refractivity contribution in [3.63, 3.8) is 0 Å². The Morgan fingerprint density at radius 1 is 1.00 bits per heavy atom. The van der Waals surface area contributed by atoms with Crippen LogP contribution >= 0.6 is 0 Å². The van der Waals surface area contributed by atoms with Gasteiger partial charge in [0.1, 0.15) is 0 Å². The molecule has 1 atom stereocenters. The van der Waals surface area contributed by atoms with Gasteiger partial charge in [0.2, 0.25) is 0 Å². The lowest BCUT2D eigenvalue weighted by molar-refractivity contribution is -0.0598. The maximum absolute atomic E-state index is 10.2. The van der Waals surface area contributed by atoms with Crippen LogP contribution < -0.4 is 0 Å². The number of rotatable bonds is 6. The van der Waals surface area contributed by atoms with Gasteiger partial charge >= 0.3 is 0 Å². The largest absolute Gasteiger partial charge is 0.389 e. The summed E-state index contributed by atoms with van der Waals surface area (Å²) in [6, 6.07) is 0.802. The number of hydrogen-bond donors (Lipinski definition) is 1. The zero-order valence-electron chi connectivity index (χ0n) is 16.6. The summed E-state index contributed by atoms with van der Waals surface area (Å²) in [4.78, 5) is 5.10. The molecule has 1 aliphatic heterocycles. The van der Waals surface area contributed by atoms with Crippen molar-refractivity contribution < 1.29 is 9.84 Å². The fourth-order valence-corrected chi connectivity index (χ4v) is 4.14. The van der Waals surface area contributed by atoms with Crippen molar-refractivity contribution in [3.8, 4) is 0 Å². The third-order valence-electron chi connectivity index (χ3n) is 5.79. The molecule has 0 bridgehead atoms. The van der Waals surface area contributed by atoms with Crippen LogP contribution in [0, 0.1) is 11.8 Å². The first-order chi connectivity index (χ1) is 11.2. The van der Waals surface area contributed by atoms with Crippen LogP contribution in [0.3, 0.4) is 0 Å². The normalized spacial score (nSPS) is 29.1. The molecular formula is C20H40N2O2. The van der Waals surface area contributed by atoms with Gasteiger partial charge in [-0.3, -0.25) is 9.80 Å². The number of aliphatic hydroxyl groups is 1. The van der Waals surface area contributed by atoms with Gasteiger partial charge in [-0.15, -0.1) is 0 Å². The van der Waals surface area contributed by atoms with Crippen LogP contribution in [0.2, 0.25) is 0 Å². The molecule has 1 aliphatic carbocycles. The Bertz CT molecular complexity index is 351. The molecule has 0 amide bonds. The Kier molecular flexibility index (Phi) is 7.54. The van der Waals surface area contributed by atoms with Crippen LogP contribution in [0.5, 0.6) is 0 Å². The quantitative estimate of drug-likeness (QED) is 0.806. The summed E-state index contributed by atoms with van der Waals surface area (Å²) < 4.78 is 5.69. The lowest BCUT2D eigenvalue weighted by Crippen LogP contribution is -2.52. The van der Waals surface area contributed by atoms with Crippen molar-refractivity contribution in [2.75, 3.05) is 39.3 Å². The molecule has 1 N–H and O–H groups in total. The van der Waals surface area contributed by atoms with Gasteiger partial charge in [0.15, 0.2) is 0 Å². The van der Waals surface area contributed by atoms with Crippen molar-refractivity contribution in [2.45, 2.75) is 78.0 Å². The fourth-order valence-electron chi connectivity index (χ4n) is 4.14. The molecule has 1 unspecified atom stereocenters. The van der Waals surface area contributed by atoms with Crippen LogP contribution in [0.15, 0.2) is 0 Å². The van der Waals surface area contributed by atoms with Crippen LogP contribution in [0.4, 0.5) is 0 Å². The van der Waals surface area contributed by atoms with E-state index < -0.39 is 0 Å². The van der Waals surface area contributed by atoms with Gasteiger partial charge in [0.25, 0.3) is 0 Å². The predicted octanol–water partition coefficient (Wildman–Crippen LogP) is 2.99. The van der Waals surface area contributed by atoms with E-state index in [1.54, 1.807) is 0 Å². The highest BCUT2D eigenvalue weighted by atomic mass is 16.5. The van der Waals surface area contributed by atoms with E-state index >= 15 is 0 Å². The molecule has 0 aromatic rings. The highest BCUT2D eigenvalue weighted by Crippen LogP contribution is 2.32. The summed E-state index contributed by atoms with van der Waals surface area (Å²) in [5.41, 5.74) is -0.172. The Morgan fingerprint density at radius 3 is 2.08 bits per heavy atom. The molecule has 0 radical (unpaired) electrons. The molecule has 2 rings (SSSR count). The van der Waals surface area contributed by atoms with Gasteiger partial charge in [-0.1, -0.05) is 13.8 Å². The van der Waals surface area contributed by atoms with Gasteiger partial charge in [0, 0.05) is 38.8 Å². The molecular weight excluding hydrogens is 300 g/mol. The first kappa shape index (κ1) is 20.2. The van der Waals surface area contributed by atoms with Crippen molar-refractivity contribution >= 4 is 0 Å². The summed E-state index contributed by atoms with van der Waals surface area (Å²) >= 11 is 0. The van der Waals surface area contributed by atoms with E-state index in [-0.39, 0.29) is 11.7 Å². The second-order valence-corrected chi connectivity index (χ2v) is 9.23. The van der Waals surface area contributed by atoms with Gasteiger partial charge in [-0.25, -0.2) is 0 Å². The SMILES string of the molecule is CC(C)C1CCC(N2CCN(CC(O)COC(C)(C)C)CC2)CC1. The number of ether oxygens (including phenoxy) is 1. The highest BCUT2D eigenvalue weighted by molar-refractivity contribution is 4.84. The lowest BCUT2D eigenvalue weighted by atomic mass is 9.79. The average molecular weight is 341 g/mol. The summed E-state index contributed by atoms with van der Waals surface area (Å²) in [7, 11) is 0. The van der Waals surface area contributed by atoms with Gasteiger partial charge < -0.3 is 9.84 Å². The van der Waals surface area contributed by atoms with Gasteiger partial charge in [-0.2, -0.15) is 0 Å². The van der Waals surface area contributed by atoms with Crippen molar-refractivity contribution in [2.24, 2.45) is 11.8 Å². The van der Waals surface area contributed by atoms with E-state index in [1.165, 1.54) is 25.7 Å². The second-order valence-electron chi connectivity index (χ2n) is 9.23. The van der Waals surface area contributed by atoms with E-state index in [0.29, 0.717) is 6.61 Å². The van der Waals surface area contributed by atoms with E-state index in [1.807, 2.05) is 20.8 Å². The van der Waals surface area contributed by atoms with Crippen LogP contribution in [-0.4, -0.2) is 72.0 Å². The minimum absolute atomic E-state index is 0.172. The first-order valence-corrected chi connectivity index (χ1v) is 10.0. The molecule has 1 saturated carbocycles. The summed E-state index contributed by atoms with van der Waals surface area (Å²) in [6.45, 7) is 16.5. The Morgan fingerprint density at radius 2 is 1.58 bits per heavy atom. The van der Waals surface area contributed by atoms with E-state index in [9.17, 15) is 5.11 Å². The first-order valence-electron chi connectivity index (χ1n) is 10.0. The summed E-state index contributed by atoms with van der Waals surface area (Å²) in [5, 5.41) is 10.2. The monoisotopic (exact) mass is 340 g/mol. The van der Waals surface area contributed by atoms with Crippen molar-refractivity contribution in [1.29, 1.82) is 0 Å². The minimum Gasteiger partial charge on any atom is -0.389 e. The topological polar surface area (TPSA) is 35.9 Å². The highest BCUT2D eigenvalue weighted by Gasteiger charge is 2.29. The van der Waals surface area contributed by atoms with E-state index in [2.05, 4.69) is 23.6 Å². The maximum atomic E-state index is 10.2. The third kappa shape index (κ3) is 6.62. The van der Waals surface area contributed by atoms with Crippen molar-refractivity contribution in [3.05, 3.63) is 0 Å². The van der Waals surface area contributed by atoms with E-state index in [4.69, 9.17) is 4.74 Å². The Hall–Kier alpha value is -0.160. The van der Waals surface area contributed by atoms with Crippen LogP contribution in [-0.2, 0) is 4.74 Å². The molecule has 4 nitrogen and oxygen atoms in total. The fraction of sp³-hybridized carbons (Fsp3) is 1.00. The molecule has 0 spiro atoms. The number of β-amino-alcohol motifs (C(OH)–C–C–N with tert-alkyl or cyclic N) is 1.